The number of thiophene rings is 1. The Morgan fingerprint density at radius 1 is 1.42 bits per heavy atom. The van der Waals surface area contributed by atoms with Crippen LogP contribution in [0.2, 0.25) is 0 Å². The number of aryl methyl sites for hydroxylation is 1. The van der Waals surface area contributed by atoms with Gasteiger partial charge in [-0.15, -0.1) is 11.3 Å². The summed E-state index contributed by atoms with van der Waals surface area (Å²) >= 11 is 1.66. The Bertz CT molecular complexity index is 548. The van der Waals surface area contributed by atoms with E-state index < -0.39 is 9.84 Å². The topological polar surface area (TPSA) is 63.2 Å². The highest BCUT2D eigenvalue weighted by atomic mass is 32.2. The van der Waals surface area contributed by atoms with Gasteiger partial charge in [0.1, 0.15) is 5.78 Å². The summed E-state index contributed by atoms with van der Waals surface area (Å²) in [5.41, 5.74) is 0. The SMILES string of the molecule is CCc1ccc(CC(=O)CC2CS(=O)(=O)CCN2)s1. The van der Waals surface area contributed by atoms with Gasteiger partial charge in [-0.1, -0.05) is 6.92 Å². The maximum absolute atomic E-state index is 12.0. The molecule has 0 spiro atoms. The van der Waals surface area contributed by atoms with Crippen LogP contribution in [0.4, 0.5) is 0 Å². The third kappa shape index (κ3) is 4.40. The zero-order valence-corrected chi connectivity index (χ0v) is 12.6. The smallest absolute Gasteiger partial charge is 0.153 e. The van der Waals surface area contributed by atoms with Crippen LogP contribution in [-0.2, 0) is 27.5 Å². The maximum Gasteiger partial charge on any atom is 0.153 e. The van der Waals surface area contributed by atoms with Crippen molar-refractivity contribution < 1.29 is 13.2 Å². The molecule has 1 saturated heterocycles. The van der Waals surface area contributed by atoms with Crippen molar-refractivity contribution in [1.29, 1.82) is 0 Å². The highest BCUT2D eigenvalue weighted by Crippen LogP contribution is 2.18. The lowest BCUT2D eigenvalue weighted by Crippen LogP contribution is -2.46. The van der Waals surface area contributed by atoms with Crippen LogP contribution in [0.1, 0.15) is 23.1 Å². The molecule has 1 aliphatic rings. The van der Waals surface area contributed by atoms with Crippen LogP contribution in [0, 0.1) is 0 Å². The largest absolute Gasteiger partial charge is 0.312 e. The normalized spacial score (nSPS) is 22.3. The fraction of sp³-hybridized carbons (Fsp3) is 0.615. The predicted molar refractivity (Wildman–Crippen MR) is 77.5 cm³/mol. The number of sulfone groups is 1. The van der Waals surface area contributed by atoms with Crippen LogP contribution in [0.3, 0.4) is 0 Å². The van der Waals surface area contributed by atoms with Gasteiger partial charge in [0.05, 0.1) is 11.5 Å². The van der Waals surface area contributed by atoms with Crippen LogP contribution in [0.15, 0.2) is 12.1 Å². The average Bonchev–Trinajstić information content (AvgIpc) is 2.75. The lowest BCUT2D eigenvalue weighted by Gasteiger charge is -2.22. The molecule has 0 aliphatic carbocycles. The zero-order chi connectivity index (χ0) is 13.9. The number of hydrogen-bond donors (Lipinski definition) is 1. The molecule has 0 radical (unpaired) electrons. The molecule has 0 aromatic carbocycles. The van der Waals surface area contributed by atoms with Gasteiger partial charge < -0.3 is 5.32 Å². The summed E-state index contributed by atoms with van der Waals surface area (Å²) in [6.45, 7) is 2.55. The first-order valence-corrected chi connectivity index (χ1v) is 9.15. The van der Waals surface area contributed by atoms with Gasteiger partial charge >= 0.3 is 0 Å². The summed E-state index contributed by atoms with van der Waals surface area (Å²) in [5, 5.41) is 3.11. The summed E-state index contributed by atoms with van der Waals surface area (Å²) < 4.78 is 23.0. The van der Waals surface area contributed by atoms with E-state index in [-0.39, 0.29) is 23.3 Å². The molecule has 2 heterocycles. The molecule has 1 fully saturated rings. The standard InChI is InChI=1S/C13H19NO3S2/c1-2-12-3-4-13(18-12)8-11(15)7-10-9-19(16,17)6-5-14-10/h3-4,10,14H,2,5-9H2,1H3. The summed E-state index contributed by atoms with van der Waals surface area (Å²) in [5.74, 6) is 0.380. The number of rotatable bonds is 5. The second kappa shape index (κ2) is 6.15. The van der Waals surface area contributed by atoms with E-state index in [2.05, 4.69) is 18.3 Å². The minimum atomic E-state index is -2.96. The second-order valence-corrected chi connectivity index (χ2v) is 8.39. The van der Waals surface area contributed by atoms with E-state index >= 15 is 0 Å². The maximum atomic E-state index is 12.0. The van der Waals surface area contributed by atoms with Crippen molar-refractivity contribution in [3.63, 3.8) is 0 Å². The number of nitrogens with one attached hydrogen (secondary N) is 1. The number of ketones is 1. The van der Waals surface area contributed by atoms with E-state index in [0.29, 0.717) is 19.4 Å². The molecule has 2 rings (SSSR count). The Morgan fingerprint density at radius 2 is 2.16 bits per heavy atom. The number of carbonyl (C=O) groups is 1. The molecular weight excluding hydrogens is 282 g/mol. The minimum Gasteiger partial charge on any atom is -0.312 e. The first-order chi connectivity index (χ1) is 8.98. The average molecular weight is 301 g/mol. The molecule has 1 atom stereocenters. The van der Waals surface area contributed by atoms with E-state index in [1.165, 1.54) is 4.88 Å². The number of carbonyl (C=O) groups excluding carboxylic acids is 1. The lowest BCUT2D eigenvalue weighted by atomic mass is 10.1. The molecule has 106 valence electrons. The molecule has 1 N–H and O–H groups in total. The van der Waals surface area contributed by atoms with Crippen molar-refractivity contribution in [3.8, 4) is 0 Å². The van der Waals surface area contributed by atoms with Crippen molar-refractivity contribution in [2.45, 2.75) is 32.2 Å². The highest BCUT2D eigenvalue weighted by Gasteiger charge is 2.25. The first-order valence-electron chi connectivity index (χ1n) is 6.51. The van der Waals surface area contributed by atoms with E-state index in [9.17, 15) is 13.2 Å². The number of Topliss-reactive ketones (excluding diaryl/α,β-unsaturated/α-hetero) is 1. The molecule has 0 bridgehead atoms. The second-order valence-electron chi connectivity index (χ2n) is 4.91. The van der Waals surface area contributed by atoms with Gasteiger partial charge in [-0.2, -0.15) is 0 Å². The van der Waals surface area contributed by atoms with Gasteiger partial charge in [0.15, 0.2) is 9.84 Å². The lowest BCUT2D eigenvalue weighted by molar-refractivity contribution is -0.118. The van der Waals surface area contributed by atoms with Gasteiger partial charge in [0.25, 0.3) is 0 Å². The minimum absolute atomic E-state index is 0.0867. The third-order valence-electron chi connectivity index (χ3n) is 3.21. The van der Waals surface area contributed by atoms with Crippen LogP contribution >= 0.6 is 11.3 Å². The fourth-order valence-electron chi connectivity index (χ4n) is 2.25. The van der Waals surface area contributed by atoms with Crippen molar-refractivity contribution >= 4 is 27.0 Å². The Hall–Kier alpha value is -0.720. The molecular formula is C13H19NO3S2. The molecule has 0 amide bonds. The van der Waals surface area contributed by atoms with Crippen LogP contribution in [0.5, 0.6) is 0 Å². The summed E-state index contributed by atoms with van der Waals surface area (Å²) in [4.78, 5) is 14.3. The number of hydrogen-bond acceptors (Lipinski definition) is 5. The van der Waals surface area contributed by atoms with Gasteiger partial charge in [-0.3, -0.25) is 4.79 Å². The zero-order valence-electron chi connectivity index (χ0n) is 11.0. The Kier molecular flexibility index (Phi) is 4.76. The Labute approximate surface area is 118 Å². The van der Waals surface area contributed by atoms with E-state index in [0.717, 1.165) is 11.3 Å². The fourth-order valence-corrected chi connectivity index (χ4v) is 4.68. The Morgan fingerprint density at radius 3 is 2.79 bits per heavy atom. The third-order valence-corrected chi connectivity index (χ3v) is 6.18. The molecule has 0 saturated carbocycles. The van der Waals surface area contributed by atoms with Crippen molar-refractivity contribution in [3.05, 3.63) is 21.9 Å². The summed E-state index contributed by atoms with van der Waals surface area (Å²) in [7, 11) is -2.96. The van der Waals surface area contributed by atoms with Gasteiger partial charge in [-0.25, -0.2) is 8.42 Å². The Balaban J connectivity index is 1.87. The molecule has 1 aliphatic heterocycles. The van der Waals surface area contributed by atoms with Crippen molar-refractivity contribution in [2.24, 2.45) is 0 Å². The highest BCUT2D eigenvalue weighted by molar-refractivity contribution is 7.91. The van der Waals surface area contributed by atoms with Gasteiger partial charge in [-0.05, 0) is 18.6 Å². The van der Waals surface area contributed by atoms with Crippen molar-refractivity contribution in [1.82, 2.24) is 5.32 Å². The van der Waals surface area contributed by atoms with E-state index in [1.807, 2.05) is 6.07 Å². The summed E-state index contributed by atoms with van der Waals surface area (Å²) in [6, 6.07) is 3.83. The molecule has 1 unspecified atom stereocenters. The van der Waals surface area contributed by atoms with E-state index in [4.69, 9.17) is 0 Å². The van der Waals surface area contributed by atoms with Gasteiger partial charge in [0.2, 0.25) is 0 Å². The van der Waals surface area contributed by atoms with Crippen LogP contribution < -0.4 is 5.32 Å². The van der Waals surface area contributed by atoms with Crippen molar-refractivity contribution in [2.75, 3.05) is 18.1 Å². The molecule has 1 aromatic rings. The molecule has 1 aromatic heterocycles. The monoisotopic (exact) mass is 301 g/mol. The molecule has 4 nitrogen and oxygen atoms in total. The molecule has 19 heavy (non-hydrogen) atoms. The van der Waals surface area contributed by atoms with Gasteiger partial charge in [0, 0.05) is 35.2 Å². The van der Waals surface area contributed by atoms with E-state index in [1.54, 1.807) is 11.3 Å². The van der Waals surface area contributed by atoms with Crippen LogP contribution in [0.25, 0.3) is 0 Å². The first kappa shape index (κ1) is 14.7. The van der Waals surface area contributed by atoms with Crippen LogP contribution in [-0.4, -0.2) is 38.3 Å². The molecule has 6 heteroatoms. The summed E-state index contributed by atoms with van der Waals surface area (Å²) in [6.07, 6.45) is 1.71. The predicted octanol–water partition coefficient (Wildman–Crippen LogP) is 1.20. The quantitative estimate of drug-likeness (QED) is 0.887.